The van der Waals surface area contributed by atoms with Crippen molar-refractivity contribution >= 4 is 30.1 Å². The Kier molecular flexibility index (Phi) is 6.72. The fourth-order valence-corrected chi connectivity index (χ4v) is 4.67. The van der Waals surface area contributed by atoms with Gasteiger partial charge in [0.15, 0.2) is 6.23 Å². The third-order valence-electron chi connectivity index (χ3n) is 5.19. The highest BCUT2D eigenvalue weighted by Gasteiger charge is 2.25. The number of nitrogens with zero attached hydrogens (tertiary/aromatic N) is 1. The van der Waals surface area contributed by atoms with Gasteiger partial charge in [0, 0.05) is 35.9 Å². The van der Waals surface area contributed by atoms with Crippen molar-refractivity contribution in [2.45, 2.75) is 19.6 Å². The number of benzene rings is 2. The minimum absolute atomic E-state index is 0.230. The average molecular weight is 438 g/mol. The monoisotopic (exact) mass is 437 g/mol. The van der Waals surface area contributed by atoms with Crippen LogP contribution < -0.4 is 4.74 Å². The molecule has 3 rings (SSSR count). The van der Waals surface area contributed by atoms with Crippen molar-refractivity contribution in [3.8, 4) is 5.75 Å². The second-order valence-corrected chi connectivity index (χ2v) is 9.53. The van der Waals surface area contributed by atoms with Gasteiger partial charge < -0.3 is 23.5 Å². The summed E-state index contributed by atoms with van der Waals surface area (Å²) in [5.41, 5.74) is 3.40. The first-order valence-electron chi connectivity index (χ1n) is 9.15. The quantitative estimate of drug-likeness (QED) is 0.492. The Morgan fingerprint density at radius 1 is 1.10 bits per heavy atom. The van der Waals surface area contributed by atoms with E-state index in [2.05, 4.69) is 0 Å². The summed E-state index contributed by atoms with van der Waals surface area (Å²) in [6.45, 7) is 1.94. The van der Waals surface area contributed by atoms with Gasteiger partial charge in [-0.25, -0.2) is 0 Å². The van der Waals surface area contributed by atoms with Gasteiger partial charge in [-0.1, -0.05) is 23.7 Å². The molecule has 0 saturated carbocycles. The zero-order chi connectivity index (χ0) is 21.2. The van der Waals surface area contributed by atoms with Crippen LogP contribution >= 0.6 is 19.2 Å². The van der Waals surface area contributed by atoms with Crippen LogP contribution in [-0.2, 0) is 20.0 Å². The van der Waals surface area contributed by atoms with Crippen molar-refractivity contribution in [2.75, 3.05) is 27.5 Å². The number of rotatable bonds is 8. The molecule has 0 radical (unpaired) electrons. The number of fused-ring (bicyclic) bond motifs is 1. The fraction of sp³-hybridized carbons (Fsp3) is 0.333. The van der Waals surface area contributed by atoms with Crippen LogP contribution in [-0.4, -0.2) is 37.2 Å². The van der Waals surface area contributed by atoms with Crippen molar-refractivity contribution < 1.29 is 23.5 Å². The van der Waals surface area contributed by atoms with Crippen LogP contribution in [0.5, 0.6) is 5.75 Å². The Bertz CT molecular complexity index is 1040. The van der Waals surface area contributed by atoms with Crippen LogP contribution in [0.25, 0.3) is 10.9 Å². The van der Waals surface area contributed by atoms with E-state index in [4.69, 9.17) is 25.4 Å². The van der Waals surface area contributed by atoms with Crippen molar-refractivity contribution in [3.05, 3.63) is 64.3 Å². The summed E-state index contributed by atoms with van der Waals surface area (Å²) in [5.74, 6) is 0.707. The number of hydrogen-bond acceptors (Lipinski definition) is 5. The molecule has 1 heterocycles. The molecule has 3 aromatic rings. The molecular formula is C21H25ClNO5P. The molecular weight excluding hydrogens is 413 g/mol. The van der Waals surface area contributed by atoms with E-state index in [1.165, 1.54) is 14.2 Å². The molecule has 0 bridgehead atoms. The molecule has 1 N–H and O–H groups in total. The van der Waals surface area contributed by atoms with Crippen LogP contribution in [0.1, 0.15) is 23.0 Å². The normalized spacial score (nSPS) is 13.0. The summed E-state index contributed by atoms with van der Waals surface area (Å²) in [4.78, 5) is 0. The van der Waals surface area contributed by atoms with Crippen molar-refractivity contribution in [2.24, 2.45) is 0 Å². The topological polar surface area (TPSA) is 69.9 Å². The number of aromatic nitrogens is 1. The Balaban J connectivity index is 2.11. The van der Waals surface area contributed by atoms with Gasteiger partial charge in [-0.05, 0) is 49.2 Å². The summed E-state index contributed by atoms with van der Waals surface area (Å²) in [5, 5.41) is 12.6. The lowest BCUT2D eigenvalue weighted by molar-refractivity contribution is 0.149. The number of aliphatic hydroxyl groups excluding tert-OH is 1. The zero-order valence-electron chi connectivity index (χ0n) is 16.9. The van der Waals surface area contributed by atoms with E-state index >= 15 is 0 Å². The van der Waals surface area contributed by atoms with Gasteiger partial charge in [0.2, 0.25) is 0 Å². The van der Waals surface area contributed by atoms with E-state index in [0.717, 1.165) is 27.7 Å². The van der Waals surface area contributed by atoms with E-state index in [1.807, 2.05) is 29.7 Å². The molecule has 2 aromatic carbocycles. The smallest absolute Gasteiger partial charge is 0.330 e. The van der Waals surface area contributed by atoms with Gasteiger partial charge >= 0.3 is 7.60 Å². The lowest BCUT2D eigenvalue weighted by Crippen LogP contribution is -2.11. The highest BCUT2D eigenvalue weighted by atomic mass is 35.5. The Morgan fingerprint density at radius 2 is 1.76 bits per heavy atom. The number of halogens is 1. The van der Waals surface area contributed by atoms with Crippen molar-refractivity contribution in [3.63, 3.8) is 0 Å². The lowest BCUT2D eigenvalue weighted by atomic mass is 10.1. The van der Waals surface area contributed by atoms with Crippen molar-refractivity contribution in [1.82, 2.24) is 4.57 Å². The van der Waals surface area contributed by atoms with Gasteiger partial charge in [0.1, 0.15) is 5.75 Å². The first kappa shape index (κ1) is 21.9. The molecule has 0 aliphatic carbocycles. The van der Waals surface area contributed by atoms with E-state index in [0.29, 0.717) is 17.2 Å². The van der Waals surface area contributed by atoms with Crippen LogP contribution in [0, 0.1) is 6.92 Å². The SMILES string of the molecule is COc1ccc2c(c1)c(CCP(=O)(OC)OC)c(C)n2C(O)c1ccc(Cl)cc1. The van der Waals surface area contributed by atoms with E-state index in [9.17, 15) is 9.67 Å². The molecule has 8 heteroatoms. The second kappa shape index (κ2) is 8.90. The molecule has 0 fully saturated rings. The Labute approximate surface area is 175 Å². The third-order valence-corrected chi connectivity index (χ3v) is 7.33. The molecule has 0 aliphatic rings. The Hall–Kier alpha value is -1.82. The van der Waals surface area contributed by atoms with Gasteiger partial charge in [-0.2, -0.15) is 0 Å². The number of aryl methyl sites for hydroxylation is 1. The third kappa shape index (κ3) is 4.37. The van der Waals surface area contributed by atoms with Gasteiger partial charge in [0.25, 0.3) is 0 Å². The van der Waals surface area contributed by atoms with Gasteiger partial charge in [-0.15, -0.1) is 0 Å². The summed E-state index contributed by atoms with van der Waals surface area (Å²) in [6, 6.07) is 12.8. The molecule has 0 spiro atoms. The highest BCUT2D eigenvalue weighted by Crippen LogP contribution is 2.47. The van der Waals surface area contributed by atoms with Crippen LogP contribution in [0.4, 0.5) is 0 Å². The van der Waals surface area contributed by atoms with Gasteiger partial charge in [-0.3, -0.25) is 4.57 Å². The van der Waals surface area contributed by atoms with Crippen molar-refractivity contribution in [1.29, 1.82) is 0 Å². The molecule has 1 unspecified atom stereocenters. The zero-order valence-corrected chi connectivity index (χ0v) is 18.5. The van der Waals surface area contributed by atoms with E-state index < -0.39 is 13.8 Å². The number of ether oxygens (including phenoxy) is 1. The molecule has 156 valence electrons. The minimum atomic E-state index is -3.16. The van der Waals surface area contributed by atoms with Gasteiger partial charge in [0.05, 0.1) is 18.8 Å². The molecule has 29 heavy (non-hydrogen) atoms. The predicted octanol–water partition coefficient (Wildman–Crippen LogP) is 5.18. The molecule has 6 nitrogen and oxygen atoms in total. The highest BCUT2D eigenvalue weighted by molar-refractivity contribution is 7.53. The largest absolute Gasteiger partial charge is 0.497 e. The number of aliphatic hydroxyl groups is 1. The molecule has 0 aliphatic heterocycles. The first-order chi connectivity index (χ1) is 13.8. The predicted molar refractivity (Wildman–Crippen MR) is 115 cm³/mol. The molecule has 0 saturated heterocycles. The second-order valence-electron chi connectivity index (χ2n) is 6.69. The molecule has 1 aromatic heterocycles. The molecule has 1 atom stereocenters. The summed E-state index contributed by atoms with van der Waals surface area (Å²) in [6.07, 6.45) is -0.197. The molecule has 0 amide bonds. The summed E-state index contributed by atoms with van der Waals surface area (Å²) < 4.78 is 30.0. The van der Waals surface area contributed by atoms with E-state index in [1.54, 1.807) is 31.4 Å². The number of hydrogen-bond donors (Lipinski definition) is 1. The fourth-order valence-electron chi connectivity index (χ4n) is 3.54. The minimum Gasteiger partial charge on any atom is -0.497 e. The summed E-state index contributed by atoms with van der Waals surface area (Å²) in [7, 11) is 1.21. The maximum atomic E-state index is 12.6. The lowest BCUT2D eigenvalue weighted by Gasteiger charge is -2.18. The maximum Gasteiger partial charge on any atom is 0.330 e. The van der Waals surface area contributed by atoms with E-state index in [-0.39, 0.29) is 6.16 Å². The van der Waals surface area contributed by atoms with Crippen LogP contribution in [0.3, 0.4) is 0 Å². The average Bonchev–Trinajstić information content (AvgIpc) is 3.02. The standard InChI is InChI=1S/C21H25ClNO5P/c1-14-18(11-12-29(25,27-3)28-4)19-13-17(26-2)9-10-20(19)23(14)21(24)15-5-7-16(22)8-6-15/h5-10,13,21,24H,11-12H2,1-4H3. The maximum absolute atomic E-state index is 12.6. The first-order valence-corrected chi connectivity index (χ1v) is 11.3. The summed E-state index contributed by atoms with van der Waals surface area (Å²) >= 11 is 5.99. The van der Waals surface area contributed by atoms with Crippen LogP contribution in [0.2, 0.25) is 5.02 Å². The Morgan fingerprint density at radius 3 is 2.34 bits per heavy atom. The number of methoxy groups -OCH3 is 1. The van der Waals surface area contributed by atoms with Crippen LogP contribution in [0.15, 0.2) is 42.5 Å².